The molecule has 0 radical (unpaired) electrons. The number of aryl methyl sites for hydroxylation is 1. The summed E-state index contributed by atoms with van der Waals surface area (Å²) >= 11 is 3.42. The standard InChI is InChI=1S/C15H22BrNO/c1-4-5-6-7-12(3)17-15(18)13-8-11(2)9-14(16)10-13/h8-10,12H,4-7H2,1-3H3,(H,17,18). The van der Waals surface area contributed by atoms with E-state index in [1.807, 2.05) is 25.1 Å². The largest absolute Gasteiger partial charge is 0.350 e. The van der Waals surface area contributed by atoms with Crippen LogP contribution in [-0.2, 0) is 0 Å². The Bertz CT molecular complexity index is 383. The molecule has 1 N–H and O–H groups in total. The fraction of sp³-hybridized carbons (Fsp3) is 0.533. The van der Waals surface area contributed by atoms with E-state index in [9.17, 15) is 4.79 Å². The second kappa shape index (κ2) is 7.57. The quantitative estimate of drug-likeness (QED) is 0.772. The second-order valence-corrected chi connectivity index (χ2v) is 5.80. The fourth-order valence-corrected chi connectivity index (χ4v) is 2.55. The summed E-state index contributed by atoms with van der Waals surface area (Å²) in [5.41, 5.74) is 1.82. The van der Waals surface area contributed by atoms with Crippen molar-refractivity contribution in [1.29, 1.82) is 0 Å². The molecule has 2 nitrogen and oxygen atoms in total. The van der Waals surface area contributed by atoms with Crippen molar-refractivity contribution >= 4 is 21.8 Å². The van der Waals surface area contributed by atoms with Crippen molar-refractivity contribution in [1.82, 2.24) is 5.32 Å². The summed E-state index contributed by atoms with van der Waals surface area (Å²) < 4.78 is 0.950. The maximum atomic E-state index is 12.1. The lowest BCUT2D eigenvalue weighted by molar-refractivity contribution is 0.0938. The van der Waals surface area contributed by atoms with Crippen LogP contribution in [0, 0.1) is 6.92 Å². The number of amides is 1. The maximum absolute atomic E-state index is 12.1. The van der Waals surface area contributed by atoms with Gasteiger partial charge in [0, 0.05) is 16.1 Å². The first-order chi connectivity index (χ1) is 8.52. The smallest absolute Gasteiger partial charge is 0.251 e. The van der Waals surface area contributed by atoms with E-state index in [4.69, 9.17) is 0 Å². The van der Waals surface area contributed by atoms with Crippen LogP contribution in [0.25, 0.3) is 0 Å². The number of nitrogens with one attached hydrogen (secondary N) is 1. The highest BCUT2D eigenvalue weighted by atomic mass is 79.9. The van der Waals surface area contributed by atoms with Crippen LogP contribution in [0.15, 0.2) is 22.7 Å². The van der Waals surface area contributed by atoms with Crippen LogP contribution in [0.1, 0.15) is 55.5 Å². The van der Waals surface area contributed by atoms with E-state index in [0.29, 0.717) is 0 Å². The lowest BCUT2D eigenvalue weighted by Crippen LogP contribution is -2.32. The summed E-state index contributed by atoms with van der Waals surface area (Å²) in [7, 11) is 0. The van der Waals surface area contributed by atoms with Gasteiger partial charge in [0.1, 0.15) is 0 Å². The van der Waals surface area contributed by atoms with Gasteiger partial charge >= 0.3 is 0 Å². The molecule has 0 aliphatic heterocycles. The molecule has 1 rings (SSSR count). The predicted octanol–water partition coefficient (Wildman–Crippen LogP) is 4.46. The molecule has 3 heteroatoms. The van der Waals surface area contributed by atoms with Crippen LogP contribution < -0.4 is 5.32 Å². The zero-order valence-corrected chi connectivity index (χ0v) is 13.0. The van der Waals surface area contributed by atoms with Gasteiger partial charge in [0.25, 0.3) is 5.91 Å². The third-order valence-electron chi connectivity index (χ3n) is 2.92. The van der Waals surface area contributed by atoms with E-state index in [1.54, 1.807) is 0 Å². The molecule has 0 aliphatic carbocycles. The monoisotopic (exact) mass is 311 g/mol. The Kier molecular flexibility index (Phi) is 6.41. The van der Waals surface area contributed by atoms with E-state index in [2.05, 4.69) is 35.1 Å². The number of benzene rings is 1. The van der Waals surface area contributed by atoms with Gasteiger partial charge in [-0.05, 0) is 44.0 Å². The minimum atomic E-state index is 0.0170. The Morgan fingerprint density at radius 1 is 1.33 bits per heavy atom. The first kappa shape index (κ1) is 15.2. The van der Waals surface area contributed by atoms with Crippen molar-refractivity contribution < 1.29 is 4.79 Å². The third kappa shape index (κ3) is 5.21. The Hall–Kier alpha value is -0.830. The Morgan fingerprint density at radius 3 is 2.67 bits per heavy atom. The zero-order chi connectivity index (χ0) is 13.5. The molecular formula is C15H22BrNO. The van der Waals surface area contributed by atoms with Gasteiger partial charge < -0.3 is 5.32 Å². The van der Waals surface area contributed by atoms with E-state index in [0.717, 1.165) is 22.0 Å². The number of carbonyl (C=O) groups is 1. The summed E-state index contributed by atoms with van der Waals surface area (Å²) in [5.74, 6) is 0.0170. The van der Waals surface area contributed by atoms with E-state index in [-0.39, 0.29) is 11.9 Å². The summed E-state index contributed by atoms with van der Waals surface area (Å²) in [4.78, 5) is 12.1. The highest BCUT2D eigenvalue weighted by molar-refractivity contribution is 9.10. The summed E-state index contributed by atoms with van der Waals surface area (Å²) in [6.07, 6.45) is 4.67. The van der Waals surface area contributed by atoms with Crippen LogP contribution in [0.5, 0.6) is 0 Å². The van der Waals surface area contributed by atoms with Gasteiger partial charge in [0.2, 0.25) is 0 Å². The molecule has 0 aromatic heterocycles. The molecular weight excluding hydrogens is 290 g/mol. The number of halogens is 1. The van der Waals surface area contributed by atoms with Crippen LogP contribution in [0.2, 0.25) is 0 Å². The number of carbonyl (C=O) groups excluding carboxylic acids is 1. The molecule has 0 saturated carbocycles. The molecule has 100 valence electrons. The highest BCUT2D eigenvalue weighted by Gasteiger charge is 2.10. The maximum Gasteiger partial charge on any atom is 0.251 e. The lowest BCUT2D eigenvalue weighted by atomic mass is 10.1. The molecule has 0 saturated heterocycles. The first-order valence-corrected chi connectivity index (χ1v) is 7.40. The molecule has 0 bridgehead atoms. The van der Waals surface area contributed by atoms with Gasteiger partial charge in [-0.3, -0.25) is 4.79 Å². The summed E-state index contributed by atoms with van der Waals surface area (Å²) in [6, 6.07) is 6.02. The molecule has 0 aliphatic rings. The molecule has 0 spiro atoms. The summed E-state index contributed by atoms with van der Waals surface area (Å²) in [6.45, 7) is 6.25. The van der Waals surface area contributed by atoms with Crippen molar-refractivity contribution in [2.45, 2.75) is 52.5 Å². The average molecular weight is 312 g/mol. The van der Waals surface area contributed by atoms with Gasteiger partial charge in [0.05, 0.1) is 0 Å². The van der Waals surface area contributed by atoms with Crippen LogP contribution in [0.4, 0.5) is 0 Å². The van der Waals surface area contributed by atoms with E-state index in [1.165, 1.54) is 19.3 Å². The molecule has 1 amide bonds. The van der Waals surface area contributed by atoms with E-state index < -0.39 is 0 Å². The second-order valence-electron chi connectivity index (χ2n) is 4.89. The van der Waals surface area contributed by atoms with E-state index >= 15 is 0 Å². The first-order valence-electron chi connectivity index (χ1n) is 6.61. The van der Waals surface area contributed by atoms with Crippen molar-refractivity contribution in [3.63, 3.8) is 0 Å². The molecule has 18 heavy (non-hydrogen) atoms. The normalized spacial score (nSPS) is 12.2. The van der Waals surface area contributed by atoms with Gasteiger partial charge in [-0.2, -0.15) is 0 Å². The third-order valence-corrected chi connectivity index (χ3v) is 3.38. The van der Waals surface area contributed by atoms with Gasteiger partial charge in [0.15, 0.2) is 0 Å². The Labute approximate surface area is 118 Å². The zero-order valence-electron chi connectivity index (χ0n) is 11.4. The van der Waals surface area contributed by atoms with Crippen LogP contribution >= 0.6 is 15.9 Å². The van der Waals surface area contributed by atoms with Crippen molar-refractivity contribution in [3.8, 4) is 0 Å². The number of rotatable bonds is 6. The van der Waals surface area contributed by atoms with Crippen molar-refractivity contribution in [2.24, 2.45) is 0 Å². The fourth-order valence-electron chi connectivity index (χ4n) is 1.95. The van der Waals surface area contributed by atoms with Crippen LogP contribution in [-0.4, -0.2) is 11.9 Å². The lowest BCUT2D eigenvalue weighted by Gasteiger charge is -2.14. The van der Waals surface area contributed by atoms with Gasteiger partial charge in [-0.15, -0.1) is 0 Å². The minimum absolute atomic E-state index is 0.0170. The summed E-state index contributed by atoms with van der Waals surface area (Å²) in [5, 5.41) is 3.05. The topological polar surface area (TPSA) is 29.1 Å². The van der Waals surface area contributed by atoms with Gasteiger partial charge in [-0.25, -0.2) is 0 Å². The van der Waals surface area contributed by atoms with Crippen molar-refractivity contribution in [3.05, 3.63) is 33.8 Å². The molecule has 1 atom stereocenters. The number of hydrogen-bond donors (Lipinski definition) is 1. The minimum Gasteiger partial charge on any atom is -0.350 e. The van der Waals surface area contributed by atoms with Crippen LogP contribution in [0.3, 0.4) is 0 Å². The van der Waals surface area contributed by atoms with Gasteiger partial charge in [-0.1, -0.05) is 42.1 Å². The molecule has 1 aromatic rings. The number of hydrogen-bond acceptors (Lipinski definition) is 1. The molecule has 1 unspecified atom stereocenters. The average Bonchev–Trinajstić information content (AvgIpc) is 2.28. The Balaban J connectivity index is 2.54. The molecule has 0 fully saturated rings. The number of unbranched alkanes of at least 4 members (excludes halogenated alkanes) is 2. The molecule has 1 aromatic carbocycles. The SMILES string of the molecule is CCCCCC(C)NC(=O)c1cc(C)cc(Br)c1. The Morgan fingerprint density at radius 2 is 2.06 bits per heavy atom. The van der Waals surface area contributed by atoms with Crippen molar-refractivity contribution in [2.75, 3.05) is 0 Å². The highest BCUT2D eigenvalue weighted by Crippen LogP contribution is 2.15. The molecule has 0 heterocycles. The predicted molar refractivity (Wildman–Crippen MR) is 79.9 cm³/mol.